The first-order valence-corrected chi connectivity index (χ1v) is 10.1. The normalized spacial score (nSPS) is 10.7. The molecule has 3 rings (SSSR count). The Balaban J connectivity index is 1.56. The van der Waals surface area contributed by atoms with Crippen molar-refractivity contribution in [1.82, 2.24) is 4.98 Å². The van der Waals surface area contributed by atoms with Crippen molar-refractivity contribution in [1.29, 1.82) is 0 Å². The van der Waals surface area contributed by atoms with Gasteiger partial charge in [-0.05, 0) is 67.9 Å². The number of hydrogen-bond acceptors (Lipinski definition) is 5. The van der Waals surface area contributed by atoms with E-state index < -0.39 is 0 Å². The number of thiophene rings is 1. The molecule has 0 unspecified atom stereocenters. The van der Waals surface area contributed by atoms with Crippen molar-refractivity contribution in [3.8, 4) is 5.75 Å². The fraction of sp³-hybridized carbons (Fsp3) is 0.200. The Morgan fingerprint density at radius 2 is 1.85 bits per heavy atom. The van der Waals surface area contributed by atoms with Gasteiger partial charge in [0.1, 0.15) is 5.75 Å². The summed E-state index contributed by atoms with van der Waals surface area (Å²) in [6.45, 7) is 3.97. The Morgan fingerprint density at radius 1 is 1.12 bits per heavy atom. The minimum atomic E-state index is -0.0942. The molecule has 3 aromatic rings. The van der Waals surface area contributed by atoms with Gasteiger partial charge in [-0.1, -0.05) is 0 Å². The minimum Gasteiger partial charge on any atom is -0.491 e. The van der Waals surface area contributed by atoms with Gasteiger partial charge < -0.3 is 10.1 Å². The van der Waals surface area contributed by atoms with Crippen molar-refractivity contribution in [3.05, 3.63) is 71.4 Å². The zero-order valence-electron chi connectivity index (χ0n) is 14.6. The van der Waals surface area contributed by atoms with Gasteiger partial charge in [0.2, 0.25) is 0 Å². The molecule has 0 saturated carbocycles. The van der Waals surface area contributed by atoms with E-state index in [2.05, 4.69) is 10.3 Å². The zero-order valence-corrected chi connectivity index (χ0v) is 16.3. The van der Waals surface area contributed by atoms with E-state index in [0.717, 1.165) is 21.4 Å². The summed E-state index contributed by atoms with van der Waals surface area (Å²) >= 11 is 3.22. The van der Waals surface area contributed by atoms with E-state index in [1.54, 1.807) is 24.2 Å². The molecule has 0 aliphatic rings. The SMILES string of the molecule is CC(C)Oc1ccc(NC(=O)c2ccc(SCc3ccncc3)s2)cc1. The first kappa shape index (κ1) is 18.5. The smallest absolute Gasteiger partial charge is 0.265 e. The summed E-state index contributed by atoms with van der Waals surface area (Å²) in [4.78, 5) is 17.1. The second-order valence-electron chi connectivity index (χ2n) is 5.91. The summed E-state index contributed by atoms with van der Waals surface area (Å²) in [7, 11) is 0. The van der Waals surface area contributed by atoms with Crippen molar-refractivity contribution in [2.75, 3.05) is 5.32 Å². The largest absolute Gasteiger partial charge is 0.491 e. The van der Waals surface area contributed by atoms with Crippen LogP contribution < -0.4 is 10.1 Å². The van der Waals surface area contributed by atoms with Crippen molar-refractivity contribution in [3.63, 3.8) is 0 Å². The number of nitrogens with one attached hydrogen (secondary N) is 1. The lowest BCUT2D eigenvalue weighted by Crippen LogP contribution is -2.10. The maximum absolute atomic E-state index is 12.4. The molecule has 1 amide bonds. The Morgan fingerprint density at radius 3 is 2.54 bits per heavy atom. The van der Waals surface area contributed by atoms with Crippen LogP contribution in [0.1, 0.15) is 29.1 Å². The maximum atomic E-state index is 12.4. The van der Waals surface area contributed by atoms with Crippen LogP contribution in [0.5, 0.6) is 5.75 Å². The van der Waals surface area contributed by atoms with E-state index in [1.807, 2.05) is 62.4 Å². The first-order chi connectivity index (χ1) is 12.6. The quantitative estimate of drug-likeness (QED) is 0.548. The van der Waals surface area contributed by atoms with Gasteiger partial charge in [0.25, 0.3) is 5.91 Å². The van der Waals surface area contributed by atoms with Gasteiger partial charge in [-0.2, -0.15) is 0 Å². The van der Waals surface area contributed by atoms with E-state index in [1.165, 1.54) is 16.9 Å². The van der Waals surface area contributed by atoms with E-state index in [4.69, 9.17) is 4.74 Å². The maximum Gasteiger partial charge on any atom is 0.265 e. The summed E-state index contributed by atoms with van der Waals surface area (Å²) in [5, 5.41) is 2.92. The molecule has 0 bridgehead atoms. The standard InChI is InChI=1S/C20H20N2O2S2/c1-14(2)24-17-5-3-16(4-6-17)22-20(23)18-7-8-19(26-18)25-13-15-9-11-21-12-10-15/h3-12,14H,13H2,1-2H3,(H,22,23). The number of ether oxygens (including phenoxy) is 1. The second kappa shape index (κ2) is 8.87. The lowest BCUT2D eigenvalue weighted by atomic mass is 10.3. The number of aromatic nitrogens is 1. The third kappa shape index (κ3) is 5.34. The molecule has 0 spiro atoms. The Hall–Kier alpha value is -2.31. The number of thioether (sulfide) groups is 1. The van der Waals surface area contributed by atoms with E-state index in [0.29, 0.717) is 4.88 Å². The summed E-state index contributed by atoms with van der Waals surface area (Å²) in [5.74, 6) is 1.56. The third-order valence-corrected chi connectivity index (χ3v) is 5.80. The molecular formula is C20H20N2O2S2. The Bertz CT molecular complexity index is 846. The number of anilines is 1. The molecule has 1 N–H and O–H groups in total. The van der Waals surface area contributed by atoms with Crippen molar-refractivity contribution in [2.45, 2.75) is 29.9 Å². The highest BCUT2D eigenvalue weighted by Crippen LogP contribution is 2.30. The molecule has 4 nitrogen and oxygen atoms in total. The lowest BCUT2D eigenvalue weighted by Gasteiger charge is -2.10. The summed E-state index contributed by atoms with van der Waals surface area (Å²) in [6.07, 6.45) is 3.71. The van der Waals surface area contributed by atoms with Crippen LogP contribution in [0.3, 0.4) is 0 Å². The second-order valence-corrected chi connectivity index (χ2v) is 8.27. The molecule has 1 aromatic carbocycles. The molecule has 0 saturated heterocycles. The summed E-state index contributed by atoms with van der Waals surface area (Å²) < 4.78 is 6.73. The van der Waals surface area contributed by atoms with Crippen LogP contribution in [0.25, 0.3) is 0 Å². The van der Waals surface area contributed by atoms with Crippen LogP contribution in [0.2, 0.25) is 0 Å². The van der Waals surface area contributed by atoms with E-state index in [9.17, 15) is 4.79 Å². The number of nitrogens with zero attached hydrogens (tertiary/aromatic N) is 1. The van der Waals surface area contributed by atoms with Crippen LogP contribution >= 0.6 is 23.1 Å². The Labute approximate surface area is 161 Å². The molecule has 0 aliphatic heterocycles. The fourth-order valence-corrected chi connectivity index (χ4v) is 4.22. The third-order valence-electron chi connectivity index (χ3n) is 3.42. The summed E-state index contributed by atoms with van der Waals surface area (Å²) in [6, 6.07) is 15.3. The number of benzene rings is 1. The van der Waals surface area contributed by atoms with Gasteiger partial charge in [-0.3, -0.25) is 9.78 Å². The topological polar surface area (TPSA) is 51.2 Å². The van der Waals surface area contributed by atoms with Crippen molar-refractivity contribution >= 4 is 34.7 Å². The Kier molecular flexibility index (Phi) is 6.30. The molecule has 134 valence electrons. The predicted molar refractivity (Wildman–Crippen MR) is 108 cm³/mol. The van der Waals surface area contributed by atoms with Gasteiger partial charge in [0.15, 0.2) is 0 Å². The molecule has 6 heteroatoms. The van der Waals surface area contributed by atoms with Crippen LogP contribution in [0.4, 0.5) is 5.69 Å². The number of carbonyl (C=O) groups is 1. The fourth-order valence-electron chi connectivity index (χ4n) is 2.23. The number of pyridine rings is 1. The number of carbonyl (C=O) groups excluding carboxylic acids is 1. The van der Waals surface area contributed by atoms with Crippen LogP contribution in [0.15, 0.2) is 65.1 Å². The van der Waals surface area contributed by atoms with E-state index >= 15 is 0 Å². The average Bonchev–Trinajstić information content (AvgIpc) is 3.11. The highest BCUT2D eigenvalue weighted by Gasteiger charge is 2.10. The predicted octanol–water partition coefficient (Wildman–Crippen LogP) is 5.47. The molecular weight excluding hydrogens is 364 g/mol. The molecule has 0 radical (unpaired) electrons. The molecule has 0 atom stereocenters. The zero-order chi connectivity index (χ0) is 18.4. The van der Waals surface area contributed by atoms with E-state index in [-0.39, 0.29) is 12.0 Å². The monoisotopic (exact) mass is 384 g/mol. The van der Waals surface area contributed by atoms with Gasteiger partial charge in [0.05, 0.1) is 15.2 Å². The molecule has 0 aliphatic carbocycles. The van der Waals surface area contributed by atoms with Crippen molar-refractivity contribution in [2.24, 2.45) is 0 Å². The lowest BCUT2D eigenvalue weighted by molar-refractivity contribution is 0.103. The molecule has 0 fully saturated rings. The summed E-state index contributed by atoms with van der Waals surface area (Å²) in [5.41, 5.74) is 1.97. The minimum absolute atomic E-state index is 0.0942. The van der Waals surface area contributed by atoms with Gasteiger partial charge in [-0.15, -0.1) is 23.1 Å². The molecule has 26 heavy (non-hydrogen) atoms. The average molecular weight is 385 g/mol. The molecule has 2 aromatic heterocycles. The highest BCUT2D eigenvalue weighted by molar-refractivity contribution is 8.00. The highest BCUT2D eigenvalue weighted by atomic mass is 32.2. The van der Waals surface area contributed by atoms with Gasteiger partial charge in [0, 0.05) is 23.8 Å². The van der Waals surface area contributed by atoms with Crippen LogP contribution in [0, 0.1) is 0 Å². The number of amides is 1. The molecule has 2 heterocycles. The number of rotatable bonds is 7. The van der Waals surface area contributed by atoms with Crippen molar-refractivity contribution < 1.29 is 9.53 Å². The van der Waals surface area contributed by atoms with Gasteiger partial charge in [-0.25, -0.2) is 0 Å². The van der Waals surface area contributed by atoms with Crippen LogP contribution in [-0.2, 0) is 5.75 Å². The van der Waals surface area contributed by atoms with Crippen LogP contribution in [-0.4, -0.2) is 17.0 Å². The first-order valence-electron chi connectivity index (χ1n) is 8.30. The number of hydrogen-bond donors (Lipinski definition) is 1. The van der Waals surface area contributed by atoms with Gasteiger partial charge >= 0.3 is 0 Å².